The number of benzene rings is 2. The third-order valence-corrected chi connectivity index (χ3v) is 3.10. The topological polar surface area (TPSA) is 63.6 Å². The van der Waals surface area contributed by atoms with Crippen LogP contribution in [0.4, 0.5) is 0 Å². The normalized spacial score (nSPS) is 13.2. The lowest BCUT2D eigenvalue weighted by molar-refractivity contribution is -0.160. The van der Waals surface area contributed by atoms with E-state index in [4.69, 9.17) is 16.3 Å². The second kappa shape index (κ2) is 7.02. The molecule has 2 aromatic rings. The molecule has 0 radical (unpaired) electrons. The molecule has 0 amide bonds. The van der Waals surface area contributed by atoms with Crippen molar-refractivity contribution in [2.75, 3.05) is 0 Å². The minimum Gasteiger partial charge on any atom is -0.448 e. The van der Waals surface area contributed by atoms with Crippen LogP contribution in [0.2, 0.25) is 0 Å². The molecular weight excluding hydrogens is 292 g/mol. The summed E-state index contributed by atoms with van der Waals surface area (Å²) in [6.45, 7) is 0. The number of esters is 1. The summed E-state index contributed by atoms with van der Waals surface area (Å²) in [6.07, 6.45) is -2.11. The molecule has 108 valence electrons. The lowest BCUT2D eigenvalue weighted by Gasteiger charge is -2.23. The minimum absolute atomic E-state index is 0.570. The summed E-state index contributed by atoms with van der Waals surface area (Å²) in [6, 6.07) is 17.4. The molecule has 0 aliphatic rings. The molecule has 0 aromatic heterocycles. The summed E-state index contributed by atoms with van der Waals surface area (Å²) < 4.78 is 5.04. The Morgan fingerprint density at radius 3 is 1.86 bits per heavy atom. The first-order chi connectivity index (χ1) is 10.1. The van der Waals surface area contributed by atoms with E-state index in [0.717, 1.165) is 0 Å². The number of carbonyl (C=O) groups is 2. The highest BCUT2D eigenvalue weighted by atomic mass is 35.5. The number of rotatable bonds is 5. The highest BCUT2D eigenvalue weighted by Crippen LogP contribution is 2.32. The molecule has 2 atom stereocenters. The van der Waals surface area contributed by atoms with Crippen molar-refractivity contribution in [3.05, 3.63) is 71.8 Å². The maximum atomic E-state index is 11.4. The number of aliphatic hydroxyl groups is 1. The molecule has 2 aromatic carbocycles. The third kappa shape index (κ3) is 3.90. The van der Waals surface area contributed by atoms with E-state index in [1.54, 1.807) is 54.6 Å². The quantitative estimate of drug-likeness (QED) is 0.524. The number of halogens is 1. The Kier molecular flexibility index (Phi) is 5.09. The summed E-state index contributed by atoms with van der Waals surface area (Å²) in [5, 5.41) is 9.21. The van der Waals surface area contributed by atoms with Crippen molar-refractivity contribution in [1.82, 2.24) is 0 Å². The van der Waals surface area contributed by atoms with E-state index in [-0.39, 0.29) is 0 Å². The van der Waals surface area contributed by atoms with Gasteiger partial charge in [-0.25, -0.2) is 4.79 Å². The van der Waals surface area contributed by atoms with Gasteiger partial charge < -0.3 is 9.84 Å². The van der Waals surface area contributed by atoms with Crippen LogP contribution < -0.4 is 0 Å². The zero-order valence-electron chi connectivity index (χ0n) is 11.0. The van der Waals surface area contributed by atoms with E-state index >= 15 is 0 Å². The van der Waals surface area contributed by atoms with Crippen LogP contribution in [-0.4, -0.2) is 16.3 Å². The second-order valence-electron chi connectivity index (χ2n) is 4.37. The van der Waals surface area contributed by atoms with Crippen molar-refractivity contribution in [3.63, 3.8) is 0 Å². The molecule has 0 heterocycles. The first kappa shape index (κ1) is 15.2. The Hall–Kier alpha value is -2.17. The SMILES string of the molecule is O=C(Cl)C(=O)O[C@H](c1ccccc1)[C@H](O)c1ccccc1. The number of carbonyl (C=O) groups excluding carboxylic acids is 2. The molecule has 0 unspecified atom stereocenters. The van der Waals surface area contributed by atoms with Crippen molar-refractivity contribution in [2.24, 2.45) is 0 Å². The zero-order valence-corrected chi connectivity index (χ0v) is 11.7. The molecule has 0 bridgehead atoms. The minimum atomic E-state index is -1.23. The molecule has 0 saturated carbocycles. The van der Waals surface area contributed by atoms with Crippen molar-refractivity contribution in [1.29, 1.82) is 0 Å². The molecule has 21 heavy (non-hydrogen) atoms. The van der Waals surface area contributed by atoms with Gasteiger partial charge in [-0.05, 0) is 22.7 Å². The maximum Gasteiger partial charge on any atom is 0.392 e. The summed E-state index contributed by atoms with van der Waals surface area (Å²) in [4.78, 5) is 22.3. The average Bonchev–Trinajstić information content (AvgIpc) is 2.53. The van der Waals surface area contributed by atoms with Crippen LogP contribution in [0, 0.1) is 0 Å². The molecule has 0 saturated heterocycles. The summed E-state index contributed by atoms with van der Waals surface area (Å²) in [5.41, 5.74) is 1.14. The Labute approximate surface area is 126 Å². The molecule has 2 rings (SSSR count). The Bertz CT molecular complexity index is 613. The molecule has 0 fully saturated rings. The highest BCUT2D eigenvalue weighted by Gasteiger charge is 2.28. The molecular formula is C16H13ClO4. The molecule has 0 aliphatic carbocycles. The standard InChI is InChI=1S/C16H13ClO4/c17-15(19)16(20)21-14(12-9-5-2-6-10-12)13(18)11-7-3-1-4-8-11/h1-10,13-14,18H/t13-,14-/m1/s1. The maximum absolute atomic E-state index is 11.4. The first-order valence-electron chi connectivity index (χ1n) is 6.28. The fraction of sp³-hybridized carbons (Fsp3) is 0.125. The number of aliphatic hydroxyl groups excluding tert-OH is 1. The van der Waals surface area contributed by atoms with Gasteiger partial charge in [0.2, 0.25) is 0 Å². The van der Waals surface area contributed by atoms with Crippen LogP contribution in [0.1, 0.15) is 23.3 Å². The Balaban J connectivity index is 2.32. The third-order valence-electron chi connectivity index (χ3n) is 2.95. The molecule has 1 N–H and O–H groups in total. The predicted octanol–water partition coefficient (Wildman–Crippen LogP) is 2.77. The van der Waals surface area contributed by atoms with Crippen molar-refractivity contribution < 1.29 is 19.4 Å². The first-order valence-corrected chi connectivity index (χ1v) is 6.66. The Morgan fingerprint density at radius 2 is 1.38 bits per heavy atom. The van der Waals surface area contributed by atoms with Gasteiger partial charge in [0.15, 0.2) is 6.10 Å². The van der Waals surface area contributed by atoms with Gasteiger partial charge in [0.1, 0.15) is 6.10 Å². The van der Waals surface area contributed by atoms with Gasteiger partial charge >= 0.3 is 11.2 Å². The van der Waals surface area contributed by atoms with Gasteiger partial charge in [-0.2, -0.15) is 0 Å². The van der Waals surface area contributed by atoms with E-state index in [1.807, 2.05) is 6.07 Å². The Morgan fingerprint density at radius 1 is 0.905 bits per heavy atom. The van der Waals surface area contributed by atoms with Gasteiger partial charge in [0.05, 0.1) is 0 Å². The van der Waals surface area contributed by atoms with Gasteiger partial charge in [-0.15, -0.1) is 0 Å². The van der Waals surface area contributed by atoms with Crippen LogP contribution in [0.3, 0.4) is 0 Å². The highest BCUT2D eigenvalue weighted by molar-refractivity contribution is 6.80. The summed E-state index contributed by atoms with van der Waals surface area (Å²) in [5.74, 6) is -1.19. The average molecular weight is 305 g/mol. The molecule has 4 nitrogen and oxygen atoms in total. The van der Waals surface area contributed by atoms with Crippen LogP contribution in [0.15, 0.2) is 60.7 Å². The van der Waals surface area contributed by atoms with Crippen LogP contribution in [0.5, 0.6) is 0 Å². The monoisotopic (exact) mass is 304 g/mol. The fourth-order valence-electron chi connectivity index (χ4n) is 1.94. The van der Waals surface area contributed by atoms with E-state index in [1.165, 1.54) is 0 Å². The van der Waals surface area contributed by atoms with E-state index in [0.29, 0.717) is 11.1 Å². The van der Waals surface area contributed by atoms with Gasteiger partial charge in [-0.3, -0.25) is 4.79 Å². The summed E-state index contributed by atoms with van der Waals surface area (Å²) >= 11 is 5.12. The van der Waals surface area contributed by atoms with Crippen molar-refractivity contribution >= 4 is 22.8 Å². The second-order valence-corrected chi connectivity index (χ2v) is 4.71. The van der Waals surface area contributed by atoms with Gasteiger partial charge in [-0.1, -0.05) is 60.7 Å². The van der Waals surface area contributed by atoms with E-state index in [2.05, 4.69) is 0 Å². The summed E-state index contributed by atoms with van der Waals surface area (Å²) in [7, 11) is 0. The largest absolute Gasteiger partial charge is 0.448 e. The van der Waals surface area contributed by atoms with E-state index in [9.17, 15) is 14.7 Å². The number of hydrogen-bond donors (Lipinski definition) is 1. The molecule has 5 heteroatoms. The van der Waals surface area contributed by atoms with Crippen LogP contribution in [0.25, 0.3) is 0 Å². The lowest BCUT2D eigenvalue weighted by Crippen LogP contribution is -2.21. The predicted molar refractivity (Wildman–Crippen MR) is 77.5 cm³/mol. The van der Waals surface area contributed by atoms with Gasteiger partial charge in [0.25, 0.3) is 0 Å². The molecule has 0 spiro atoms. The number of ether oxygens (including phenoxy) is 1. The lowest BCUT2D eigenvalue weighted by atomic mass is 9.98. The van der Waals surface area contributed by atoms with Crippen LogP contribution in [-0.2, 0) is 14.3 Å². The fourth-order valence-corrected chi connectivity index (χ4v) is 1.99. The molecule has 0 aliphatic heterocycles. The van der Waals surface area contributed by atoms with E-state index < -0.39 is 23.4 Å². The smallest absolute Gasteiger partial charge is 0.392 e. The number of hydrogen-bond acceptors (Lipinski definition) is 4. The zero-order chi connectivity index (χ0) is 15.2. The van der Waals surface area contributed by atoms with Crippen molar-refractivity contribution in [2.45, 2.75) is 12.2 Å². The van der Waals surface area contributed by atoms with Crippen LogP contribution >= 0.6 is 11.6 Å². The van der Waals surface area contributed by atoms with Crippen molar-refractivity contribution in [3.8, 4) is 0 Å². The van der Waals surface area contributed by atoms with Gasteiger partial charge in [0, 0.05) is 0 Å².